The van der Waals surface area contributed by atoms with Crippen LogP contribution in [0.2, 0.25) is 0 Å². The Morgan fingerprint density at radius 1 is 0.960 bits per heavy atom. The highest BCUT2D eigenvalue weighted by Crippen LogP contribution is 2.50. The number of sulfone groups is 1. The summed E-state index contributed by atoms with van der Waals surface area (Å²) in [6, 6.07) is 0. The molecule has 4 atom stereocenters. The van der Waals surface area contributed by atoms with Gasteiger partial charge >= 0.3 is 5.51 Å². The molecule has 2 amide bonds. The lowest BCUT2D eigenvalue weighted by molar-refractivity contribution is -0.172. The lowest BCUT2D eigenvalue weighted by Crippen LogP contribution is -2.62. The zero-order valence-electron chi connectivity index (χ0n) is 13.0. The van der Waals surface area contributed by atoms with E-state index >= 15 is 0 Å². The number of alkyl halides is 3. The summed E-state index contributed by atoms with van der Waals surface area (Å²) < 4.78 is 60.7. The van der Waals surface area contributed by atoms with Crippen LogP contribution in [0.15, 0.2) is 0 Å². The number of amides is 2. The molecule has 2 N–H and O–H groups in total. The van der Waals surface area contributed by atoms with E-state index in [-0.39, 0.29) is 23.7 Å². The molecule has 3 aliphatic rings. The summed E-state index contributed by atoms with van der Waals surface area (Å²) in [6.45, 7) is 0. The average Bonchev–Trinajstić information content (AvgIpc) is 2.46. The van der Waals surface area contributed by atoms with Crippen LogP contribution in [0, 0.1) is 23.7 Å². The number of hydrogen-bond acceptors (Lipinski definition) is 6. The first-order chi connectivity index (χ1) is 11.4. The molecule has 2 aliphatic carbocycles. The summed E-state index contributed by atoms with van der Waals surface area (Å²) in [5, 5.41) is 19.9. The Bertz CT molecular complexity index is 659. The zero-order valence-corrected chi connectivity index (χ0v) is 13.8. The fourth-order valence-corrected chi connectivity index (χ4v) is 5.29. The third-order valence-corrected chi connectivity index (χ3v) is 6.80. The molecule has 0 radical (unpaired) electrons. The first-order valence-electron chi connectivity index (χ1n) is 7.92. The van der Waals surface area contributed by atoms with E-state index in [9.17, 15) is 41.4 Å². The minimum atomic E-state index is -5.70. The van der Waals surface area contributed by atoms with Gasteiger partial charge in [0.15, 0.2) is 0 Å². The Morgan fingerprint density at radius 2 is 1.40 bits per heavy atom. The molecular formula is C14H18F3NO6S. The first kappa shape index (κ1) is 18.6. The van der Waals surface area contributed by atoms with Gasteiger partial charge in [0.2, 0.25) is 11.8 Å². The van der Waals surface area contributed by atoms with E-state index in [0.29, 0.717) is 12.8 Å². The van der Waals surface area contributed by atoms with Crippen LogP contribution < -0.4 is 0 Å². The molecule has 1 heterocycles. The van der Waals surface area contributed by atoms with E-state index in [4.69, 9.17) is 0 Å². The van der Waals surface area contributed by atoms with Crippen molar-refractivity contribution >= 4 is 21.7 Å². The van der Waals surface area contributed by atoms with E-state index in [2.05, 4.69) is 0 Å². The average molecular weight is 385 g/mol. The van der Waals surface area contributed by atoms with Crippen LogP contribution in [0.5, 0.6) is 0 Å². The van der Waals surface area contributed by atoms with Crippen molar-refractivity contribution in [1.29, 1.82) is 0 Å². The molecule has 142 valence electrons. The summed E-state index contributed by atoms with van der Waals surface area (Å²) >= 11 is 0. The van der Waals surface area contributed by atoms with E-state index in [1.165, 1.54) is 0 Å². The Kier molecular flexibility index (Phi) is 4.40. The molecule has 3 fully saturated rings. The van der Waals surface area contributed by atoms with Crippen molar-refractivity contribution in [3.63, 3.8) is 0 Å². The molecule has 0 bridgehead atoms. The Hall–Kier alpha value is -1.20. The number of carbonyl (C=O) groups excluding carboxylic acids is 2. The highest BCUT2D eigenvalue weighted by Gasteiger charge is 2.58. The molecule has 1 saturated heterocycles. The van der Waals surface area contributed by atoms with Crippen molar-refractivity contribution in [1.82, 2.24) is 4.90 Å². The molecule has 3 rings (SSSR count). The maximum Gasteiger partial charge on any atom is 0.499 e. The lowest BCUT2D eigenvalue weighted by atomic mass is 9.57. The third kappa shape index (κ3) is 3.06. The molecule has 0 aromatic heterocycles. The van der Waals surface area contributed by atoms with Gasteiger partial charge in [-0.15, -0.1) is 0 Å². The number of aliphatic hydroxyl groups excluding tert-OH is 2. The standard InChI is InChI=1S/C14H18F3NO6S/c15-14(16,17)25(23,24)5-18-12(21)9-3-7(19)1-6-2-8(20)4-10(11(6)9)13(18)22/h6-11,19-20H,1-5H2. The van der Waals surface area contributed by atoms with Crippen molar-refractivity contribution in [2.24, 2.45) is 23.7 Å². The molecule has 25 heavy (non-hydrogen) atoms. The molecule has 0 aromatic carbocycles. The maximum absolute atomic E-state index is 12.6. The molecule has 4 unspecified atom stereocenters. The minimum absolute atomic E-state index is 0.0254. The second kappa shape index (κ2) is 5.92. The number of rotatable bonds is 2. The SMILES string of the molecule is O=C1C2CC(O)CC3CC(O)CC(C(=O)N1CS(=O)(=O)C(F)(F)F)C32. The summed E-state index contributed by atoms with van der Waals surface area (Å²) in [7, 11) is -5.70. The number of piperidine rings is 1. The monoisotopic (exact) mass is 385 g/mol. The maximum atomic E-state index is 12.6. The van der Waals surface area contributed by atoms with Crippen molar-refractivity contribution in [2.75, 3.05) is 5.88 Å². The van der Waals surface area contributed by atoms with Crippen LogP contribution in [0.25, 0.3) is 0 Å². The number of likely N-dealkylation sites (tertiary alicyclic amines) is 1. The Morgan fingerprint density at radius 3 is 1.80 bits per heavy atom. The molecule has 7 nitrogen and oxygen atoms in total. The second-order valence-corrected chi connectivity index (χ2v) is 9.05. The van der Waals surface area contributed by atoms with Crippen molar-refractivity contribution in [3.05, 3.63) is 0 Å². The van der Waals surface area contributed by atoms with Crippen molar-refractivity contribution in [3.8, 4) is 0 Å². The fraction of sp³-hybridized carbons (Fsp3) is 0.857. The fourth-order valence-electron chi connectivity index (χ4n) is 4.55. The highest BCUT2D eigenvalue weighted by molar-refractivity contribution is 7.92. The number of carbonyl (C=O) groups is 2. The summed E-state index contributed by atoms with van der Waals surface area (Å²) in [4.78, 5) is 25.2. The molecule has 0 spiro atoms. The minimum Gasteiger partial charge on any atom is -0.393 e. The lowest BCUT2D eigenvalue weighted by Gasteiger charge is -2.52. The van der Waals surface area contributed by atoms with Gasteiger partial charge < -0.3 is 10.2 Å². The molecular weight excluding hydrogens is 367 g/mol. The topological polar surface area (TPSA) is 112 Å². The molecule has 0 aromatic rings. The Balaban J connectivity index is 1.95. The number of halogens is 3. The van der Waals surface area contributed by atoms with Gasteiger partial charge in [0.1, 0.15) is 5.88 Å². The number of hydrogen-bond donors (Lipinski definition) is 2. The third-order valence-electron chi connectivity index (χ3n) is 5.49. The quantitative estimate of drug-likeness (QED) is 0.649. The van der Waals surface area contributed by atoms with Gasteiger partial charge in [-0.05, 0) is 37.5 Å². The predicted octanol–water partition coefficient (Wildman–Crippen LogP) is 0.0215. The van der Waals surface area contributed by atoms with Crippen LogP contribution in [-0.4, -0.2) is 58.9 Å². The van der Waals surface area contributed by atoms with E-state index in [0.717, 1.165) is 0 Å². The van der Waals surface area contributed by atoms with Crippen LogP contribution in [0.3, 0.4) is 0 Å². The predicted molar refractivity (Wildman–Crippen MR) is 76.1 cm³/mol. The van der Waals surface area contributed by atoms with E-state index in [1.807, 2.05) is 0 Å². The van der Waals surface area contributed by atoms with Gasteiger partial charge in [-0.2, -0.15) is 13.2 Å². The van der Waals surface area contributed by atoms with E-state index in [1.54, 1.807) is 0 Å². The molecule has 2 saturated carbocycles. The molecule has 11 heteroatoms. The number of aliphatic hydroxyl groups is 2. The van der Waals surface area contributed by atoms with Crippen LogP contribution in [0.1, 0.15) is 25.7 Å². The van der Waals surface area contributed by atoms with Gasteiger partial charge in [0, 0.05) is 11.8 Å². The number of nitrogens with zero attached hydrogens (tertiary/aromatic N) is 1. The summed E-state index contributed by atoms with van der Waals surface area (Å²) in [5.74, 6) is -6.32. The Labute approximate surface area is 141 Å². The van der Waals surface area contributed by atoms with Gasteiger partial charge in [-0.1, -0.05) is 0 Å². The smallest absolute Gasteiger partial charge is 0.393 e. The highest BCUT2D eigenvalue weighted by atomic mass is 32.2. The van der Waals surface area contributed by atoms with Gasteiger partial charge in [-0.25, -0.2) is 8.42 Å². The van der Waals surface area contributed by atoms with Crippen molar-refractivity contribution < 1.29 is 41.4 Å². The van der Waals surface area contributed by atoms with Crippen molar-refractivity contribution in [2.45, 2.75) is 43.4 Å². The van der Waals surface area contributed by atoms with Crippen LogP contribution in [0.4, 0.5) is 13.2 Å². The van der Waals surface area contributed by atoms with Gasteiger partial charge in [0.05, 0.1) is 12.2 Å². The summed E-state index contributed by atoms with van der Waals surface area (Å²) in [5.41, 5.74) is -5.58. The number of imide groups is 1. The largest absolute Gasteiger partial charge is 0.499 e. The summed E-state index contributed by atoms with van der Waals surface area (Å²) in [6.07, 6.45) is -1.21. The van der Waals surface area contributed by atoms with Crippen LogP contribution in [-0.2, 0) is 19.4 Å². The second-order valence-electron chi connectivity index (χ2n) is 7.09. The van der Waals surface area contributed by atoms with Gasteiger partial charge in [-0.3, -0.25) is 14.5 Å². The molecule has 1 aliphatic heterocycles. The zero-order chi connectivity index (χ0) is 18.7. The van der Waals surface area contributed by atoms with Gasteiger partial charge in [0.25, 0.3) is 9.84 Å². The van der Waals surface area contributed by atoms with Crippen LogP contribution >= 0.6 is 0 Å². The van der Waals surface area contributed by atoms with E-state index < -0.39 is 63.0 Å². The normalized spacial score (nSPS) is 39.3. The first-order valence-corrected chi connectivity index (χ1v) is 9.58.